The number of thiophene rings is 1. The number of rotatable bonds is 4. The zero-order valence-electron chi connectivity index (χ0n) is 18.1. The van der Waals surface area contributed by atoms with E-state index in [0.29, 0.717) is 50.8 Å². The molecule has 0 saturated carbocycles. The molecule has 0 bridgehead atoms. The van der Waals surface area contributed by atoms with Crippen LogP contribution in [0.2, 0.25) is 0 Å². The third kappa shape index (κ3) is 4.06. The Balaban J connectivity index is 1.53. The highest BCUT2D eigenvalue weighted by Crippen LogP contribution is 2.31. The summed E-state index contributed by atoms with van der Waals surface area (Å²) in [5.41, 5.74) is 3.61. The van der Waals surface area contributed by atoms with Gasteiger partial charge in [0.15, 0.2) is 0 Å². The minimum Gasteiger partial charge on any atom is -0.335 e. The number of carbonyl (C=O) groups is 1. The first kappa shape index (κ1) is 20.8. The van der Waals surface area contributed by atoms with Gasteiger partial charge in [-0.3, -0.25) is 9.59 Å². The number of anilines is 1. The zero-order chi connectivity index (χ0) is 23.1. The van der Waals surface area contributed by atoms with Crippen molar-refractivity contribution in [3.05, 3.63) is 80.7 Å². The molecule has 0 aliphatic carbocycles. The van der Waals surface area contributed by atoms with Gasteiger partial charge in [-0.1, -0.05) is 17.3 Å². The zero-order valence-corrected chi connectivity index (χ0v) is 18.9. The Morgan fingerprint density at radius 1 is 1.06 bits per heavy atom. The summed E-state index contributed by atoms with van der Waals surface area (Å²) in [6.07, 6.45) is 0. The number of nitrogens with zero attached hydrogens (tertiary/aromatic N) is 3. The van der Waals surface area contributed by atoms with Crippen LogP contribution in [0.25, 0.3) is 33.1 Å². The lowest BCUT2D eigenvalue weighted by Crippen LogP contribution is -2.13. The minimum atomic E-state index is -0.314. The molecule has 1 aromatic carbocycles. The molecule has 0 aliphatic heterocycles. The Bertz CT molecular complexity index is 1580. The monoisotopic (exact) mass is 457 g/mol. The lowest BCUT2D eigenvalue weighted by atomic mass is 10.1. The first-order valence-corrected chi connectivity index (χ1v) is 11.0. The number of aromatic nitrogens is 4. The summed E-state index contributed by atoms with van der Waals surface area (Å²) in [5, 5.41) is 7.51. The van der Waals surface area contributed by atoms with Gasteiger partial charge >= 0.3 is 0 Å². The highest BCUT2D eigenvalue weighted by molar-refractivity contribution is 7.15. The van der Waals surface area contributed by atoms with Crippen LogP contribution in [0, 0.1) is 20.8 Å². The molecule has 9 heteroatoms. The van der Waals surface area contributed by atoms with Crippen LogP contribution in [0.3, 0.4) is 0 Å². The van der Waals surface area contributed by atoms with Crippen LogP contribution in [0.1, 0.15) is 26.6 Å². The standard InChI is InChI=1S/C24H19N5O3S/c1-12-9-20(30)28-22(25-12)15-5-4-6-16(10-15)26-23(31)17-11-18(19-8-7-13(2)33-19)27-24-21(17)14(3)29-32-24/h4-11H,1-3H3,(H,26,31)(H,25,28,30). The maximum atomic E-state index is 13.3. The van der Waals surface area contributed by atoms with Gasteiger partial charge in [0, 0.05) is 27.9 Å². The first-order chi connectivity index (χ1) is 15.9. The van der Waals surface area contributed by atoms with E-state index in [1.807, 2.05) is 25.1 Å². The molecule has 5 aromatic rings. The summed E-state index contributed by atoms with van der Waals surface area (Å²) < 4.78 is 5.38. The van der Waals surface area contributed by atoms with Gasteiger partial charge in [0.25, 0.3) is 17.2 Å². The van der Waals surface area contributed by atoms with Crippen LogP contribution < -0.4 is 10.9 Å². The predicted molar refractivity (Wildman–Crippen MR) is 128 cm³/mol. The van der Waals surface area contributed by atoms with E-state index in [9.17, 15) is 9.59 Å². The quantitative estimate of drug-likeness (QED) is 0.398. The molecule has 0 saturated heterocycles. The number of aryl methyl sites for hydroxylation is 3. The van der Waals surface area contributed by atoms with Crippen LogP contribution in [0.5, 0.6) is 0 Å². The number of pyridine rings is 1. The number of hydrogen-bond acceptors (Lipinski definition) is 7. The Labute approximate surface area is 192 Å². The molecule has 4 heterocycles. The largest absolute Gasteiger partial charge is 0.335 e. The summed E-state index contributed by atoms with van der Waals surface area (Å²) in [6, 6.07) is 14.3. The number of amides is 1. The van der Waals surface area contributed by atoms with Gasteiger partial charge in [0.1, 0.15) is 5.82 Å². The lowest BCUT2D eigenvalue weighted by Gasteiger charge is -2.09. The smallest absolute Gasteiger partial charge is 0.259 e. The summed E-state index contributed by atoms with van der Waals surface area (Å²) in [4.78, 5) is 38.9. The fourth-order valence-corrected chi connectivity index (χ4v) is 4.46. The van der Waals surface area contributed by atoms with Crippen molar-refractivity contribution >= 4 is 34.0 Å². The molecule has 0 aliphatic rings. The van der Waals surface area contributed by atoms with Crippen molar-refractivity contribution in [3.8, 4) is 22.0 Å². The van der Waals surface area contributed by atoms with Crippen LogP contribution in [-0.2, 0) is 0 Å². The van der Waals surface area contributed by atoms with Gasteiger partial charge in [-0.05, 0) is 51.1 Å². The Hall–Kier alpha value is -4.11. The van der Waals surface area contributed by atoms with E-state index < -0.39 is 0 Å². The van der Waals surface area contributed by atoms with E-state index in [2.05, 4.69) is 25.4 Å². The van der Waals surface area contributed by atoms with E-state index in [1.54, 1.807) is 49.4 Å². The molecule has 5 rings (SSSR count). The van der Waals surface area contributed by atoms with Crippen LogP contribution >= 0.6 is 11.3 Å². The minimum absolute atomic E-state index is 0.231. The van der Waals surface area contributed by atoms with Gasteiger partial charge in [-0.25, -0.2) is 9.97 Å². The summed E-state index contributed by atoms with van der Waals surface area (Å²) in [6.45, 7) is 5.55. The molecule has 1 amide bonds. The molecule has 8 nitrogen and oxygen atoms in total. The lowest BCUT2D eigenvalue weighted by molar-refractivity contribution is 0.102. The van der Waals surface area contributed by atoms with E-state index in [-0.39, 0.29) is 11.5 Å². The number of aromatic amines is 1. The second kappa shape index (κ2) is 8.10. The molecule has 4 aromatic heterocycles. The fourth-order valence-electron chi connectivity index (χ4n) is 3.63. The number of nitrogens with one attached hydrogen (secondary N) is 2. The third-order valence-corrected chi connectivity index (χ3v) is 6.14. The van der Waals surface area contributed by atoms with E-state index in [0.717, 1.165) is 9.75 Å². The highest BCUT2D eigenvalue weighted by Gasteiger charge is 2.20. The molecular weight excluding hydrogens is 438 g/mol. The molecule has 0 radical (unpaired) electrons. The van der Waals surface area contributed by atoms with Gasteiger partial charge in [0.2, 0.25) is 0 Å². The molecule has 0 unspecified atom stereocenters. The average Bonchev–Trinajstić information content (AvgIpc) is 3.38. The van der Waals surface area contributed by atoms with Crippen molar-refractivity contribution in [2.45, 2.75) is 20.8 Å². The third-order valence-electron chi connectivity index (χ3n) is 5.12. The Morgan fingerprint density at radius 2 is 1.91 bits per heavy atom. The highest BCUT2D eigenvalue weighted by atomic mass is 32.1. The molecule has 0 spiro atoms. The summed E-state index contributed by atoms with van der Waals surface area (Å²) >= 11 is 1.59. The molecule has 0 atom stereocenters. The number of benzene rings is 1. The van der Waals surface area contributed by atoms with Crippen molar-refractivity contribution < 1.29 is 9.32 Å². The van der Waals surface area contributed by atoms with E-state index >= 15 is 0 Å². The van der Waals surface area contributed by atoms with E-state index in [4.69, 9.17) is 4.52 Å². The van der Waals surface area contributed by atoms with Crippen molar-refractivity contribution in [2.24, 2.45) is 0 Å². The number of H-pyrrole nitrogens is 1. The van der Waals surface area contributed by atoms with Crippen molar-refractivity contribution in [2.75, 3.05) is 5.32 Å². The van der Waals surface area contributed by atoms with Crippen molar-refractivity contribution in [3.63, 3.8) is 0 Å². The summed E-state index contributed by atoms with van der Waals surface area (Å²) in [5.74, 6) is 0.124. The fraction of sp³-hybridized carbons (Fsp3) is 0.125. The molecule has 2 N–H and O–H groups in total. The van der Waals surface area contributed by atoms with Crippen molar-refractivity contribution in [1.29, 1.82) is 0 Å². The van der Waals surface area contributed by atoms with Gasteiger partial charge in [-0.15, -0.1) is 11.3 Å². The maximum Gasteiger partial charge on any atom is 0.259 e. The normalized spacial score (nSPS) is 11.1. The number of fused-ring (bicyclic) bond motifs is 1. The number of hydrogen-bond donors (Lipinski definition) is 2. The Kier molecular flexibility index (Phi) is 5.10. The van der Waals surface area contributed by atoms with E-state index in [1.165, 1.54) is 6.07 Å². The predicted octanol–water partition coefficient (Wildman–Crippen LogP) is 4.88. The topological polar surface area (TPSA) is 114 Å². The Morgan fingerprint density at radius 3 is 2.67 bits per heavy atom. The van der Waals surface area contributed by atoms with Gasteiger partial charge in [-0.2, -0.15) is 0 Å². The average molecular weight is 458 g/mol. The van der Waals surface area contributed by atoms with Crippen LogP contribution in [0.15, 0.2) is 57.8 Å². The number of carbonyl (C=O) groups excluding carboxylic acids is 1. The molecular formula is C24H19N5O3S. The maximum absolute atomic E-state index is 13.3. The molecule has 164 valence electrons. The van der Waals surface area contributed by atoms with Gasteiger partial charge in [0.05, 0.1) is 27.2 Å². The summed E-state index contributed by atoms with van der Waals surface area (Å²) in [7, 11) is 0. The van der Waals surface area contributed by atoms with Crippen molar-refractivity contribution in [1.82, 2.24) is 20.1 Å². The molecule has 0 fully saturated rings. The van der Waals surface area contributed by atoms with Gasteiger partial charge < -0.3 is 14.8 Å². The van der Waals surface area contributed by atoms with Crippen LogP contribution in [0.4, 0.5) is 5.69 Å². The SMILES string of the molecule is Cc1cc(=O)[nH]c(-c2cccc(NC(=O)c3cc(-c4ccc(C)s4)nc4onc(C)c34)c2)n1. The first-order valence-electron chi connectivity index (χ1n) is 10.2. The molecule has 33 heavy (non-hydrogen) atoms. The second-order valence-electron chi connectivity index (χ2n) is 7.68. The second-order valence-corrected chi connectivity index (χ2v) is 8.97. The van der Waals surface area contributed by atoms with Crippen LogP contribution in [-0.4, -0.2) is 26.0 Å².